The Balaban J connectivity index is 1.60. The molecule has 2 aromatic carbocycles. The summed E-state index contributed by atoms with van der Waals surface area (Å²) in [6.45, 7) is 2.10. The maximum atomic E-state index is 12.9. The molecule has 1 aliphatic heterocycles. The van der Waals surface area contributed by atoms with E-state index in [2.05, 4.69) is 0 Å². The Morgan fingerprint density at radius 2 is 1.70 bits per heavy atom. The lowest BCUT2D eigenvalue weighted by molar-refractivity contribution is -0.137. The predicted molar refractivity (Wildman–Crippen MR) is 107 cm³/mol. The molecule has 1 N–H and O–H groups in total. The Kier molecular flexibility index (Phi) is 6.31. The minimum absolute atomic E-state index is 0.0442. The molecule has 0 radical (unpaired) electrons. The fourth-order valence-electron chi connectivity index (χ4n) is 3.42. The van der Waals surface area contributed by atoms with E-state index in [0.29, 0.717) is 37.6 Å². The van der Waals surface area contributed by atoms with Gasteiger partial charge in [0.25, 0.3) is 0 Å². The lowest BCUT2D eigenvalue weighted by atomic mass is 10.1. The highest BCUT2D eigenvalue weighted by Crippen LogP contribution is 2.32. The van der Waals surface area contributed by atoms with Crippen LogP contribution in [0.5, 0.6) is 0 Å². The molecule has 0 unspecified atom stereocenters. The highest BCUT2D eigenvalue weighted by Gasteiger charge is 2.31. The molecular weight excluding hydrogens is 399 g/mol. The van der Waals surface area contributed by atoms with Crippen molar-refractivity contribution in [3.8, 4) is 0 Å². The second-order valence-electron chi connectivity index (χ2n) is 7.09. The maximum Gasteiger partial charge on any atom is 0.416 e. The number of halogens is 3. The van der Waals surface area contributed by atoms with Crippen LogP contribution in [0.2, 0.25) is 0 Å². The van der Waals surface area contributed by atoms with Crippen LogP contribution in [0.1, 0.15) is 15.9 Å². The molecule has 2 aromatic rings. The molecular formula is C21H22F3N3O3. The number of hydrogen-bond acceptors (Lipinski definition) is 4. The first-order chi connectivity index (χ1) is 14.2. The molecule has 30 heavy (non-hydrogen) atoms. The summed E-state index contributed by atoms with van der Waals surface area (Å²) in [5.41, 5.74) is 0.181. The Labute approximate surface area is 172 Å². The molecule has 6 nitrogen and oxygen atoms in total. The molecule has 160 valence electrons. The quantitative estimate of drug-likeness (QED) is 0.804. The van der Waals surface area contributed by atoms with Crippen molar-refractivity contribution < 1.29 is 27.9 Å². The third kappa shape index (κ3) is 4.91. The number of hydrogen-bond donors (Lipinski definition) is 1. The Hall–Kier alpha value is -3.07. The first kappa shape index (κ1) is 21.6. The Morgan fingerprint density at radius 1 is 1.03 bits per heavy atom. The molecule has 1 amide bonds. The van der Waals surface area contributed by atoms with Gasteiger partial charge < -0.3 is 14.9 Å². The second kappa shape index (κ2) is 8.74. The zero-order chi connectivity index (χ0) is 21.9. The molecule has 1 heterocycles. The number of carboxylic acids is 1. The van der Waals surface area contributed by atoms with Gasteiger partial charge in [0.1, 0.15) is 0 Å². The molecule has 0 saturated carbocycles. The number of para-hydroxylation sites is 1. The van der Waals surface area contributed by atoms with E-state index in [1.807, 2.05) is 9.80 Å². The van der Waals surface area contributed by atoms with Gasteiger partial charge in [0.2, 0.25) is 5.91 Å². The van der Waals surface area contributed by atoms with Crippen LogP contribution in [0.25, 0.3) is 0 Å². The highest BCUT2D eigenvalue weighted by molar-refractivity contribution is 6.02. The summed E-state index contributed by atoms with van der Waals surface area (Å²) < 4.78 is 38.8. The molecule has 0 aliphatic carbocycles. The summed E-state index contributed by atoms with van der Waals surface area (Å²) in [7, 11) is 1.53. The van der Waals surface area contributed by atoms with Crippen molar-refractivity contribution in [3.05, 3.63) is 59.7 Å². The van der Waals surface area contributed by atoms with Gasteiger partial charge in [-0.2, -0.15) is 13.2 Å². The first-order valence-corrected chi connectivity index (χ1v) is 9.40. The summed E-state index contributed by atoms with van der Waals surface area (Å²) in [5.74, 6) is -1.36. The molecule has 1 fully saturated rings. The van der Waals surface area contributed by atoms with Crippen LogP contribution in [0.4, 0.5) is 24.5 Å². The van der Waals surface area contributed by atoms with Crippen molar-refractivity contribution in [1.82, 2.24) is 4.90 Å². The Morgan fingerprint density at radius 3 is 2.33 bits per heavy atom. The topological polar surface area (TPSA) is 64.1 Å². The number of carbonyl (C=O) groups is 2. The predicted octanol–water partition coefficient (Wildman–Crippen LogP) is 3.19. The van der Waals surface area contributed by atoms with Crippen molar-refractivity contribution in [2.75, 3.05) is 49.6 Å². The van der Waals surface area contributed by atoms with Crippen molar-refractivity contribution in [2.24, 2.45) is 0 Å². The van der Waals surface area contributed by atoms with Gasteiger partial charge in [0, 0.05) is 38.9 Å². The monoisotopic (exact) mass is 421 g/mol. The van der Waals surface area contributed by atoms with Gasteiger partial charge in [0.05, 0.1) is 23.4 Å². The fraction of sp³-hybridized carbons (Fsp3) is 0.333. The average molecular weight is 421 g/mol. The SMILES string of the molecule is CN(C(=O)CN1CCN(c2cccc(C(F)(F)F)c2)CC1)c1ccccc1C(=O)O. The summed E-state index contributed by atoms with van der Waals surface area (Å²) in [6, 6.07) is 11.5. The van der Waals surface area contributed by atoms with E-state index in [1.54, 1.807) is 24.3 Å². The number of aromatic carboxylic acids is 1. The number of nitrogens with zero attached hydrogens (tertiary/aromatic N) is 3. The molecule has 9 heteroatoms. The van der Waals surface area contributed by atoms with E-state index in [9.17, 15) is 27.9 Å². The third-order valence-corrected chi connectivity index (χ3v) is 5.14. The number of carbonyl (C=O) groups excluding carboxylic acids is 1. The number of carboxylic acid groups (broad SMARTS) is 1. The van der Waals surface area contributed by atoms with Crippen molar-refractivity contribution >= 4 is 23.3 Å². The average Bonchev–Trinajstić information content (AvgIpc) is 2.73. The number of rotatable bonds is 5. The first-order valence-electron chi connectivity index (χ1n) is 9.40. The van der Waals surface area contributed by atoms with Crippen molar-refractivity contribution in [1.29, 1.82) is 0 Å². The van der Waals surface area contributed by atoms with Crippen LogP contribution in [0.15, 0.2) is 48.5 Å². The molecule has 3 rings (SSSR count). The summed E-state index contributed by atoms with van der Waals surface area (Å²) >= 11 is 0. The maximum absolute atomic E-state index is 12.9. The fourth-order valence-corrected chi connectivity index (χ4v) is 3.42. The molecule has 0 spiro atoms. The van der Waals surface area contributed by atoms with Gasteiger partial charge >= 0.3 is 12.1 Å². The van der Waals surface area contributed by atoms with Crippen LogP contribution >= 0.6 is 0 Å². The Bertz CT molecular complexity index is 925. The second-order valence-corrected chi connectivity index (χ2v) is 7.09. The van der Waals surface area contributed by atoms with Gasteiger partial charge in [-0.1, -0.05) is 18.2 Å². The molecule has 0 aromatic heterocycles. The van der Waals surface area contributed by atoms with E-state index in [4.69, 9.17) is 0 Å². The number of benzene rings is 2. The highest BCUT2D eigenvalue weighted by atomic mass is 19.4. The van der Waals surface area contributed by atoms with Crippen LogP contribution in [-0.4, -0.2) is 61.7 Å². The van der Waals surface area contributed by atoms with Crippen LogP contribution in [-0.2, 0) is 11.0 Å². The van der Waals surface area contributed by atoms with Gasteiger partial charge in [-0.05, 0) is 30.3 Å². The third-order valence-electron chi connectivity index (χ3n) is 5.14. The number of anilines is 2. The number of amides is 1. The minimum Gasteiger partial charge on any atom is -0.478 e. The summed E-state index contributed by atoms with van der Waals surface area (Å²) in [5, 5.41) is 9.30. The van der Waals surface area contributed by atoms with E-state index < -0.39 is 17.7 Å². The molecule has 0 atom stereocenters. The van der Waals surface area contributed by atoms with Crippen LogP contribution in [0.3, 0.4) is 0 Å². The van der Waals surface area contributed by atoms with Crippen molar-refractivity contribution in [2.45, 2.75) is 6.18 Å². The van der Waals surface area contributed by atoms with Gasteiger partial charge in [-0.3, -0.25) is 9.69 Å². The van der Waals surface area contributed by atoms with E-state index in [1.165, 1.54) is 24.1 Å². The lowest BCUT2D eigenvalue weighted by Crippen LogP contribution is -2.50. The van der Waals surface area contributed by atoms with E-state index in [-0.39, 0.29) is 18.0 Å². The minimum atomic E-state index is -4.39. The van der Waals surface area contributed by atoms with Crippen LogP contribution < -0.4 is 9.80 Å². The zero-order valence-corrected chi connectivity index (χ0v) is 16.4. The smallest absolute Gasteiger partial charge is 0.416 e. The summed E-state index contributed by atoms with van der Waals surface area (Å²) in [4.78, 5) is 29.1. The van der Waals surface area contributed by atoms with Gasteiger partial charge in [-0.15, -0.1) is 0 Å². The number of likely N-dealkylation sites (N-methyl/N-ethyl adjacent to an activating group) is 1. The lowest BCUT2D eigenvalue weighted by Gasteiger charge is -2.36. The number of piperazine rings is 1. The molecule has 1 aliphatic rings. The van der Waals surface area contributed by atoms with E-state index in [0.717, 1.165) is 12.1 Å². The largest absolute Gasteiger partial charge is 0.478 e. The van der Waals surface area contributed by atoms with E-state index >= 15 is 0 Å². The van der Waals surface area contributed by atoms with Crippen molar-refractivity contribution in [3.63, 3.8) is 0 Å². The van der Waals surface area contributed by atoms with Crippen LogP contribution in [0, 0.1) is 0 Å². The van der Waals surface area contributed by atoms with Gasteiger partial charge in [0.15, 0.2) is 0 Å². The standard InChI is InChI=1S/C21H22F3N3O3/c1-25(18-8-3-2-7-17(18)20(29)30)19(28)14-26-9-11-27(12-10-26)16-6-4-5-15(13-16)21(22,23)24/h2-8,13H,9-12,14H2,1H3,(H,29,30). The summed E-state index contributed by atoms with van der Waals surface area (Å²) in [6.07, 6.45) is -4.39. The van der Waals surface area contributed by atoms with Gasteiger partial charge in [-0.25, -0.2) is 4.79 Å². The normalized spacial score (nSPS) is 15.1. The number of alkyl halides is 3. The molecule has 1 saturated heterocycles. The molecule has 0 bridgehead atoms. The zero-order valence-electron chi connectivity index (χ0n) is 16.4.